The zero-order valence-corrected chi connectivity index (χ0v) is 13.9. The number of carbonyl (C=O) groups is 2. The van der Waals surface area contributed by atoms with Crippen molar-refractivity contribution in [2.45, 2.75) is 32.2 Å². The van der Waals surface area contributed by atoms with Crippen LogP contribution in [0.2, 0.25) is 0 Å². The minimum absolute atomic E-state index is 0.132. The summed E-state index contributed by atoms with van der Waals surface area (Å²) in [5.41, 5.74) is 1.55. The Labute approximate surface area is 144 Å². The van der Waals surface area contributed by atoms with Crippen LogP contribution >= 0.6 is 0 Å². The zero-order valence-electron chi connectivity index (χ0n) is 13.9. The number of rotatable bonds is 3. The maximum absolute atomic E-state index is 12.6. The fourth-order valence-corrected chi connectivity index (χ4v) is 3.24. The minimum atomic E-state index is -0.183. The largest absolute Gasteiger partial charge is 0.340 e. The predicted octanol–water partition coefficient (Wildman–Crippen LogP) is 2.48. The Hall–Kier alpha value is -2.90. The molecule has 2 saturated heterocycles. The Bertz CT molecular complexity index is 801. The molecule has 3 heterocycles. The first-order valence-electron chi connectivity index (χ1n) is 8.40. The first kappa shape index (κ1) is 15.6. The third-order valence-corrected chi connectivity index (χ3v) is 4.64. The number of aromatic nitrogens is 2. The summed E-state index contributed by atoms with van der Waals surface area (Å²) >= 11 is 0. The summed E-state index contributed by atoms with van der Waals surface area (Å²) in [7, 11) is 0. The van der Waals surface area contributed by atoms with Gasteiger partial charge in [-0.05, 0) is 37.1 Å². The molecule has 2 aromatic rings. The second-order valence-electron chi connectivity index (χ2n) is 6.30. The Morgan fingerprint density at radius 2 is 2.08 bits per heavy atom. The van der Waals surface area contributed by atoms with Crippen LogP contribution in [0.4, 0.5) is 16.2 Å². The number of nitrogens with one attached hydrogen (secondary N) is 1. The maximum atomic E-state index is 12.6. The summed E-state index contributed by atoms with van der Waals surface area (Å²) in [6, 6.07) is 6.96. The van der Waals surface area contributed by atoms with E-state index >= 15 is 0 Å². The number of likely N-dealkylation sites (tertiary alicyclic amines) is 1. The van der Waals surface area contributed by atoms with Gasteiger partial charge in [0.15, 0.2) is 5.82 Å². The van der Waals surface area contributed by atoms with Crippen molar-refractivity contribution >= 4 is 23.3 Å². The predicted molar refractivity (Wildman–Crippen MR) is 90.1 cm³/mol. The zero-order chi connectivity index (χ0) is 17.4. The number of hydrogen-bond acceptors (Lipinski definition) is 5. The van der Waals surface area contributed by atoms with E-state index in [0.717, 1.165) is 25.1 Å². The second-order valence-corrected chi connectivity index (χ2v) is 6.30. The highest BCUT2D eigenvalue weighted by Crippen LogP contribution is 2.31. The van der Waals surface area contributed by atoms with Gasteiger partial charge in [0.05, 0.1) is 6.04 Å². The molecule has 1 aromatic carbocycles. The average Bonchev–Trinajstić information content (AvgIpc) is 3.23. The third-order valence-electron chi connectivity index (χ3n) is 4.64. The van der Waals surface area contributed by atoms with Crippen LogP contribution in [-0.4, -0.2) is 40.1 Å². The summed E-state index contributed by atoms with van der Waals surface area (Å²) in [5.74, 6) is 1.18. The lowest BCUT2D eigenvalue weighted by atomic mass is 10.1. The van der Waals surface area contributed by atoms with Gasteiger partial charge in [0.1, 0.15) is 0 Å². The fraction of sp³-hybridized carbons (Fsp3) is 0.412. The molecule has 8 heteroatoms. The van der Waals surface area contributed by atoms with Gasteiger partial charge in [-0.2, -0.15) is 4.98 Å². The highest BCUT2D eigenvalue weighted by atomic mass is 16.5. The minimum Gasteiger partial charge on any atom is -0.340 e. The smallest absolute Gasteiger partial charge is 0.322 e. The van der Waals surface area contributed by atoms with Crippen molar-refractivity contribution in [1.82, 2.24) is 15.0 Å². The van der Waals surface area contributed by atoms with Gasteiger partial charge in [-0.25, -0.2) is 4.79 Å². The van der Waals surface area contributed by atoms with E-state index in [1.807, 2.05) is 24.3 Å². The number of benzene rings is 1. The highest BCUT2D eigenvalue weighted by Gasteiger charge is 2.33. The molecule has 1 aromatic heterocycles. The van der Waals surface area contributed by atoms with Crippen LogP contribution in [0, 0.1) is 6.92 Å². The van der Waals surface area contributed by atoms with Gasteiger partial charge in [-0.15, -0.1) is 0 Å². The van der Waals surface area contributed by atoms with E-state index in [1.165, 1.54) is 0 Å². The van der Waals surface area contributed by atoms with Crippen molar-refractivity contribution in [2.75, 3.05) is 23.3 Å². The van der Waals surface area contributed by atoms with Gasteiger partial charge in [0.25, 0.3) is 0 Å². The van der Waals surface area contributed by atoms with E-state index in [4.69, 9.17) is 4.52 Å². The molecule has 0 saturated carbocycles. The molecule has 0 bridgehead atoms. The van der Waals surface area contributed by atoms with Crippen molar-refractivity contribution < 1.29 is 14.1 Å². The number of β-lactam (4-membered cyclic amide) rings is 1. The second kappa shape index (κ2) is 6.19. The van der Waals surface area contributed by atoms with Crippen LogP contribution in [0.3, 0.4) is 0 Å². The molecule has 0 aliphatic carbocycles. The van der Waals surface area contributed by atoms with Crippen molar-refractivity contribution in [2.24, 2.45) is 0 Å². The summed E-state index contributed by atoms with van der Waals surface area (Å²) in [5, 5.41) is 6.85. The van der Waals surface area contributed by atoms with Gasteiger partial charge < -0.3 is 19.6 Å². The van der Waals surface area contributed by atoms with Crippen molar-refractivity contribution in [3.05, 3.63) is 36.0 Å². The van der Waals surface area contributed by atoms with E-state index in [2.05, 4.69) is 15.5 Å². The quantitative estimate of drug-likeness (QED) is 0.866. The lowest BCUT2D eigenvalue weighted by Gasteiger charge is -2.30. The number of amides is 3. The van der Waals surface area contributed by atoms with Crippen LogP contribution in [0.5, 0.6) is 0 Å². The summed E-state index contributed by atoms with van der Waals surface area (Å²) in [6.07, 6.45) is 2.33. The molecule has 3 amide bonds. The van der Waals surface area contributed by atoms with Crippen molar-refractivity contribution in [3.63, 3.8) is 0 Å². The van der Waals surface area contributed by atoms with E-state index in [0.29, 0.717) is 30.4 Å². The van der Waals surface area contributed by atoms with E-state index < -0.39 is 0 Å². The van der Waals surface area contributed by atoms with Crippen LogP contribution in [0.25, 0.3) is 0 Å². The molecule has 2 aliphatic heterocycles. The summed E-state index contributed by atoms with van der Waals surface area (Å²) in [4.78, 5) is 31.8. The average molecular weight is 341 g/mol. The van der Waals surface area contributed by atoms with E-state index in [1.54, 1.807) is 16.7 Å². The number of carbonyl (C=O) groups excluding carboxylic acids is 2. The van der Waals surface area contributed by atoms with Crippen molar-refractivity contribution in [3.8, 4) is 0 Å². The Morgan fingerprint density at radius 1 is 1.28 bits per heavy atom. The van der Waals surface area contributed by atoms with Gasteiger partial charge >= 0.3 is 6.03 Å². The number of hydrogen-bond donors (Lipinski definition) is 1. The fourth-order valence-electron chi connectivity index (χ4n) is 3.24. The standard InChI is InChI=1S/C17H19N5O3/c1-11-18-16(20-25-11)14-3-2-9-22(14)17(24)19-12-4-6-13(7-5-12)21-10-8-15(21)23/h4-7,14H,2-3,8-10H2,1H3,(H,19,24)/t14-/m1/s1. The van der Waals surface area contributed by atoms with Gasteiger partial charge in [-0.1, -0.05) is 5.16 Å². The first-order chi connectivity index (χ1) is 12.1. The molecule has 4 rings (SSSR count). The third kappa shape index (κ3) is 2.95. The number of anilines is 2. The van der Waals surface area contributed by atoms with Crippen molar-refractivity contribution in [1.29, 1.82) is 0 Å². The molecule has 25 heavy (non-hydrogen) atoms. The molecule has 1 atom stereocenters. The van der Waals surface area contributed by atoms with Crippen LogP contribution in [-0.2, 0) is 4.79 Å². The van der Waals surface area contributed by atoms with E-state index in [9.17, 15) is 9.59 Å². The lowest BCUT2D eigenvalue weighted by molar-refractivity contribution is -0.122. The van der Waals surface area contributed by atoms with Gasteiger partial charge in [0, 0.05) is 37.8 Å². The molecule has 0 radical (unpaired) electrons. The molecule has 0 unspecified atom stereocenters. The Balaban J connectivity index is 1.43. The first-order valence-corrected chi connectivity index (χ1v) is 8.40. The molecular formula is C17H19N5O3. The molecule has 130 valence electrons. The highest BCUT2D eigenvalue weighted by molar-refractivity contribution is 5.99. The molecule has 2 aliphatic rings. The van der Waals surface area contributed by atoms with E-state index in [-0.39, 0.29) is 18.0 Å². The van der Waals surface area contributed by atoms with Gasteiger partial charge in [0.2, 0.25) is 11.8 Å². The molecular weight excluding hydrogens is 322 g/mol. The normalized spacial score (nSPS) is 19.9. The SMILES string of the molecule is Cc1nc([C@H]2CCCN2C(=O)Nc2ccc(N3CCC3=O)cc2)no1. The Kier molecular flexibility index (Phi) is 3.87. The monoisotopic (exact) mass is 341 g/mol. The molecule has 2 fully saturated rings. The number of aryl methyl sites for hydroxylation is 1. The van der Waals surface area contributed by atoms with Crippen LogP contribution in [0.15, 0.2) is 28.8 Å². The van der Waals surface area contributed by atoms with Crippen LogP contribution < -0.4 is 10.2 Å². The molecule has 0 spiro atoms. The van der Waals surface area contributed by atoms with Gasteiger partial charge in [-0.3, -0.25) is 4.79 Å². The number of nitrogens with zero attached hydrogens (tertiary/aromatic N) is 4. The molecule has 1 N–H and O–H groups in total. The van der Waals surface area contributed by atoms with Crippen LogP contribution in [0.1, 0.15) is 37.0 Å². The Morgan fingerprint density at radius 3 is 2.68 bits per heavy atom. The maximum Gasteiger partial charge on any atom is 0.322 e. The topological polar surface area (TPSA) is 91.6 Å². The lowest BCUT2D eigenvalue weighted by Crippen LogP contribution is -2.43. The summed E-state index contributed by atoms with van der Waals surface area (Å²) < 4.78 is 5.03. The summed E-state index contributed by atoms with van der Waals surface area (Å²) in [6.45, 7) is 3.15. The molecule has 8 nitrogen and oxygen atoms in total. The number of urea groups is 1.